The van der Waals surface area contributed by atoms with E-state index in [1.807, 2.05) is 18.2 Å². The molecule has 1 aromatic carbocycles. The number of amides is 1. The number of nitrogens with two attached hydrogens (primary N) is 2. The fraction of sp³-hybridized carbons (Fsp3) is 0. The van der Waals surface area contributed by atoms with Gasteiger partial charge in [-0.1, -0.05) is 6.07 Å². The number of pyridine rings is 2. The molecular formula is C15H12N4O2. The monoisotopic (exact) mass is 280 g/mol. The first-order valence-corrected chi connectivity index (χ1v) is 6.21. The standard InChI is InChI=1S/C15H12N4O2/c16-12-8-19-14(7-11(12)15(17)20)21-10-4-3-9-2-1-5-18-13(9)6-10/h1-8H,16H2,(H2,17,20). The van der Waals surface area contributed by atoms with Gasteiger partial charge in [0.05, 0.1) is 23.0 Å². The molecule has 104 valence electrons. The van der Waals surface area contributed by atoms with E-state index in [4.69, 9.17) is 16.2 Å². The quantitative estimate of drug-likeness (QED) is 0.764. The average Bonchev–Trinajstić information content (AvgIpc) is 2.49. The van der Waals surface area contributed by atoms with Crippen LogP contribution in [0.3, 0.4) is 0 Å². The first-order chi connectivity index (χ1) is 10.1. The summed E-state index contributed by atoms with van der Waals surface area (Å²) in [6.07, 6.45) is 3.05. The van der Waals surface area contributed by atoms with Gasteiger partial charge in [0.1, 0.15) is 5.75 Å². The third kappa shape index (κ3) is 2.59. The molecule has 0 fully saturated rings. The number of carbonyl (C=O) groups is 1. The van der Waals surface area contributed by atoms with Gasteiger partial charge in [0.25, 0.3) is 5.91 Å². The molecule has 0 aliphatic heterocycles. The van der Waals surface area contributed by atoms with Crippen LogP contribution in [-0.2, 0) is 0 Å². The summed E-state index contributed by atoms with van der Waals surface area (Å²) in [4.78, 5) is 19.5. The van der Waals surface area contributed by atoms with E-state index in [1.54, 1.807) is 18.3 Å². The normalized spacial score (nSPS) is 10.5. The van der Waals surface area contributed by atoms with Gasteiger partial charge in [-0.2, -0.15) is 0 Å². The van der Waals surface area contributed by atoms with Crippen LogP contribution >= 0.6 is 0 Å². The Morgan fingerprint density at radius 1 is 1.14 bits per heavy atom. The molecule has 0 bridgehead atoms. The molecule has 3 rings (SSSR count). The summed E-state index contributed by atoms with van der Waals surface area (Å²) in [6, 6.07) is 10.7. The van der Waals surface area contributed by atoms with Crippen molar-refractivity contribution >= 4 is 22.5 Å². The second-order valence-electron chi connectivity index (χ2n) is 4.43. The molecule has 4 N–H and O–H groups in total. The zero-order chi connectivity index (χ0) is 14.8. The van der Waals surface area contributed by atoms with Gasteiger partial charge in [-0.3, -0.25) is 9.78 Å². The van der Waals surface area contributed by atoms with Gasteiger partial charge in [0, 0.05) is 23.7 Å². The highest BCUT2D eigenvalue weighted by Gasteiger charge is 2.09. The Morgan fingerprint density at radius 2 is 2.00 bits per heavy atom. The third-order valence-corrected chi connectivity index (χ3v) is 2.97. The number of primary amides is 1. The van der Waals surface area contributed by atoms with E-state index in [2.05, 4.69) is 9.97 Å². The largest absolute Gasteiger partial charge is 0.439 e. The van der Waals surface area contributed by atoms with Crippen molar-refractivity contribution in [3.8, 4) is 11.6 Å². The lowest BCUT2D eigenvalue weighted by atomic mass is 10.2. The SMILES string of the molecule is NC(=O)c1cc(Oc2ccc3cccnc3c2)ncc1N. The molecule has 0 aliphatic rings. The van der Waals surface area contributed by atoms with Crippen LogP contribution in [0.2, 0.25) is 0 Å². The second kappa shape index (κ2) is 5.09. The molecule has 2 aromatic heterocycles. The molecule has 6 nitrogen and oxygen atoms in total. The Labute approximate surface area is 120 Å². The Balaban J connectivity index is 1.94. The van der Waals surface area contributed by atoms with Gasteiger partial charge >= 0.3 is 0 Å². The number of anilines is 1. The lowest BCUT2D eigenvalue weighted by Crippen LogP contribution is -2.13. The lowest BCUT2D eigenvalue weighted by molar-refractivity contribution is 0.100. The summed E-state index contributed by atoms with van der Waals surface area (Å²) in [5.41, 5.74) is 12.1. The topological polar surface area (TPSA) is 104 Å². The summed E-state index contributed by atoms with van der Waals surface area (Å²) >= 11 is 0. The maximum atomic E-state index is 11.3. The van der Waals surface area contributed by atoms with Crippen LogP contribution in [0.25, 0.3) is 10.9 Å². The van der Waals surface area contributed by atoms with E-state index in [9.17, 15) is 4.79 Å². The van der Waals surface area contributed by atoms with E-state index >= 15 is 0 Å². The minimum absolute atomic E-state index is 0.180. The first-order valence-electron chi connectivity index (χ1n) is 6.21. The van der Waals surface area contributed by atoms with Gasteiger partial charge in [-0.15, -0.1) is 0 Å². The highest BCUT2D eigenvalue weighted by atomic mass is 16.5. The maximum absolute atomic E-state index is 11.3. The number of carbonyl (C=O) groups excluding carboxylic acids is 1. The van der Waals surface area contributed by atoms with E-state index in [0.29, 0.717) is 5.75 Å². The van der Waals surface area contributed by atoms with Crippen LogP contribution in [0.15, 0.2) is 48.8 Å². The molecule has 6 heteroatoms. The molecular weight excluding hydrogens is 268 g/mol. The summed E-state index contributed by atoms with van der Waals surface area (Å²) < 4.78 is 5.62. The predicted molar refractivity (Wildman–Crippen MR) is 79.0 cm³/mol. The van der Waals surface area contributed by atoms with Gasteiger partial charge in [-0.25, -0.2) is 4.98 Å². The smallest absolute Gasteiger partial charge is 0.251 e. The van der Waals surface area contributed by atoms with Crippen molar-refractivity contribution in [1.82, 2.24) is 9.97 Å². The van der Waals surface area contributed by atoms with E-state index in [1.165, 1.54) is 12.3 Å². The Bertz CT molecular complexity index is 833. The number of benzene rings is 1. The Hall–Kier alpha value is -3.15. The molecule has 3 aromatic rings. The van der Waals surface area contributed by atoms with Gasteiger partial charge < -0.3 is 16.2 Å². The summed E-state index contributed by atoms with van der Waals surface area (Å²) in [5.74, 6) is 0.183. The summed E-state index contributed by atoms with van der Waals surface area (Å²) in [5, 5.41) is 1.01. The first kappa shape index (κ1) is 12.9. The van der Waals surface area contributed by atoms with Crippen molar-refractivity contribution in [3.05, 3.63) is 54.4 Å². The zero-order valence-electron chi connectivity index (χ0n) is 11.0. The molecule has 0 aliphatic carbocycles. The van der Waals surface area contributed by atoms with Crippen molar-refractivity contribution in [2.75, 3.05) is 5.73 Å². The maximum Gasteiger partial charge on any atom is 0.251 e. The van der Waals surface area contributed by atoms with Crippen LogP contribution in [0.4, 0.5) is 5.69 Å². The number of nitrogen functional groups attached to an aromatic ring is 1. The van der Waals surface area contributed by atoms with E-state index in [0.717, 1.165) is 10.9 Å². The number of aromatic nitrogens is 2. The van der Waals surface area contributed by atoms with Gasteiger partial charge in [-0.05, 0) is 18.2 Å². The minimum atomic E-state index is -0.625. The molecule has 21 heavy (non-hydrogen) atoms. The van der Waals surface area contributed by atoms with Crippen molar-refractivity contribution in [2.24, 2.45) is 5.73 Å². The Kier molecular flexibility index (Phi) is 3.12. The molecule has 0 radical (unpaired) electrons. The number of ether oxygens (including phenoxy) is 1. The summed E-state index contributed by atoms with van der Waals surface area (Å²) in [6.45, 7) is 0. The fourth-order valence-corrected chi connectivity index (χ4v) is 1.95. The van der Waals surface area contributed by atoms with Gasteiger partial charge in [0.15, 0.2) is 0 Å². The van der Waals surface area contributed by atoms with E-state index < -0.39 is 5.91 Å². The number of hydrogen-bond donors (Lipinski definition) is 2. The Morgan fingerprint density at radius 3 is 2.81 bits per heavy atom. The van der Waals surface area contributed by atoms with Crippen LogP contribution in [0.5, 0.6) is 11.6 Å². The highest BCUT2D eigenvalue weighted by molar-refractivity contribution is 5.98. The third-order valence-electron chi connectivity index (χ3n) is 2.97. The van der Waals surface area contributed by atoms with Crippen molar-refractivity contribution in [2.45, 2.75) is 0 Å². The lowest BCUT2D eigenvalue weighted by Gasteiger charge is -2.07. The number of nitrogens with zero attached hydrogens (tertiary/aromatic N) is 2. The molecule has 0 atom stereocenters. The molecule has 0 spiro atoms. The van der Waals surface area contributed by atoms with Crippen LogP contribution < -0.4 is 16.2 Å². The van der Waals surface area contributed by atoms with Crippen LogP contribution in [0.1, 0.15) is 10.4 Å². The van der Waals surface area contributed by atoms with Crippen LogP contribution in [0, 0.1) is 0 Å². The van der Waals surface area contributed by atoms with Crippen LogP contribution in [-0.4, -0.2) is 15.9 Å². The fourth-order valence-electron chi connectivity index (χ4n) is 1.95. The minimum Gasteiger partial charge on any atom is -0.439 e. The van der Waals surface area contributed by atoms with Crippen molar-refractivity contribution in [3.63, 3.8) is 0 Å². The van der Waals surface area contributed by atoms with Gasteiger partial charge in [0.2, 0.25) is 5.88 Å². The molecule has 1 amide bonds. The highest BCUT2D eigenvalue weighted by Crippen LogP contribution is 2.25. The summed E-state index contributed by atoms with van der Waals surface area (Å²) in [7, 11) is 0. The molecule has 0 saturated heterocycles. The number of hydrogen-bond acceptors (Lipinski definition) is 5. The number of rotatable bonds is 3. The molecule has 0 unspecified atom stereocenters. The zero-order valence-corrected chi connectivity index (χ0v) is 11.0. The van der Waals surface area contributed by atoms with Crippen molar-refractivity contribution in [1.29, 1.82) is 0 Å². The predicted octanol–water partition coefficient (Wildman–Crippen LogP) is 2.10. The average molecular weight is 280 g/mol. The van der Waals surface area contributed by atoms with E-state index in [-0.39, 0.29) is 17.1 Å². The van der Waals surface area contributed by atoms with Crippen molar-refractivity contribution < 1.29 is 9.53 Å². The number of fused-ring (bicyclic) bond motifs is 1. The molecule has 2 heterocycles. The second-order valence-corrected chi connectivity index (χ2v) is 4.43. The molecule has 0 saturated carbocycles.